The maximum Gasteiger partial charge on any atom is 0.115 e. The monoisotopic (exact) mass is 389 g/mol. The van der Waals surface area contributed by atoms with Crippen molar-refractivity contribution < 1.29 is 5.11 Å². The summed E-state index contributed by atoms with van der Waals surface area (Å²) >= 11 is 0. The van der Waals surface area contributed by atoms with E-state index in [0.29, 0.717) is 5.75 Å². The quantitative estimate of drug-likeness (QED) is 0.172. The topological polar surface area (TPSA) is 32.3 Å². The molecule has 0 radical (unpaired) electrons. The number of nitrogens with one attached hydrogen (secondary N) is 1. The van der Waals surface area contributed by atoms with Crippen molar-refractivity contribution in [3.63, 3.8) is 0 Å². The largest absolute Gasteiger partial charge is 0.508 e. The van der Waals surface area contributed by atoms with E-state index in [2.05, 4.69) is 12.2 Å². The molecular formula is C26H47NO. The summed E-state index contributed by atoms with van der Waals surface area (Å²) in [5.41, 5.74) is 1.10. The van der Waals surface area contributed by atoms with Gasteiger partial charge in [-0.15, -0.1) is 0 Å². The molecule has 2 heteroatoms. The molecule has 2 nitrogen and oxygen atoms in total. The van der Waals surface area contributed by atoms with Crippen LogP contribution >= 0.6 is 0 Å². The highest BCUT2D eigenvalue weighted by atomic mass is 16.3. The summed E-state index contributed by atoms with van der Waals surface area (Å²) in [5, 5.41) is 12.7. The first kappa shape index (κ1) is 24.9. The maximum absolute atomic E-state index is 9.26. The minimum Gasteiger partial charge on any atom is -0.508 e. The van der Waals surface area contributed by atoms with E-state index in [-0.39, 0.29) is 0 Å². The molecule has 1 rings (SSSR count). The highest BCUT2D eigenvalue weighted by Crippen LogP contribution is 2.15. The van der Waals surface area contributed by atoms with Gasteiger partial charge in [-0.25, -0.2) is 0 Å². The molecule has 0 aliphatic carbocycles. The SMILES string of the molecule is CCCCCCCCCCCCCCCCCCCCNc1ccc(O)cc1. The Morgan fingerprint density at radius 2 is 0.893 bits per heavy atom. The van der Waals surface area contributed by atoms with Gasteiger partial charge >= 0.3 is 0 Å². The predicted molar refractivity (Wildman–Crippen MR) is 125 cm³/mol. The molecule has 0 heterocycles. The van der Waals surface area contributed by atoms with Gasteiger partial charge in [-0.2, -0.15) is 0 Å². The van der Waals surface area contributed by atoms with Crippen LogP contribution < -0.4 is 5.32 Å². The summed E-state index contributed by atoms with van der Waals surface area (Å²) in [6, 6.07) is 7.34. The second-order valence-electron chi connectivity index (χ2n) is 8.48. The molecule has 162 valence electrons. The highest BCUT2D eigenvalue weighted by Gasteiger charge is 1.96. The molecule has 0 aromatic heterocycles. The molecule has 0 amide bonds. The van der Waals surface area contributed by atoms with Crippen molar-refractivity contribution in [3.05, 3.63) is 24.3 Å². The fraction of sp³-hybridized carbons (Fsp3) is 0.769. The van der Waals surface area contributed by atoms with E-state index in [1.165, 1.54) is 116 Å². The Morgan fingerprint density at radius 3 is 1.29 bits per heavy atom. The van der Waals surface area contributed by atoms with Gasteiger partial charge in [0, 0.05) is 12.2 Å². The second kappa shape index (κ2) is 19.2. The average molecular weight is 390 g/mol. The normalized spacial score (nSPS) is 11.0. The molecule has 1 aromatic carbocycles. The van der Waals surface area contributed by atoms with Crippen molar-refractivity contribution in [2.24, 2.45) is 0 Å². The van der Waals surface area contributed by atoms with Gasteiger partial charge in [-0.05, 0) is 30.7 Å². The number of aromatic hydroxyl groups is 1. The Morgan fingerprint density at radius 1 is 0.536 bits per heavy atom. The van der Waals surface area contributed by atoms with E-state index < -0.39 is 0 Å². The molecule has 0 saturated carbocycles. The van der Waals surface area contributed by atoms with Gasteiger partial charge < -0.3 is 10.4 Å². The smallest absolute Gasteiger partial charge is 0.115 e. The third kappa shape index (κ3) is 15.8. The van der Waals surface area contributed by atoms with Crippen LogP contribution in [-0.4, -0.2) is 11.7 Å². The van der Waals surface area contributed by atoms with Crippen molar-refractivity contribution in [2.45, 2.75) is 122 Å². The van der Waals surface area contributed by atoms with Gasteiger partial charge in [-0.1, -0.05) is 116 Å². The number of hydrogen-bond acceptors (Lipinski definition) is 2. The fourth-order valence-electron chi connectivity index (χ4n) is 3.84. The predicted octanol–water partition coefficient (Wildman–Crippen LogP) is 8.85. The number of unbranched alkanes of at least 4 members (excludes halogenated alkanes) is 17. The van der Waals surface area contributed by atoms with Crippen molar-refractivity contribution >= 4 is 5.69 Å². The van der Waals surface area contributed by atoms with E-state index in [9.17, 15) is 5.11 Å². The Labute approximate surface area is 175 Å². The Hall–Kier alpha value is -1.18. The lowest BCUT2D eigenvalue weighted by Gasteiger charge is -2.06. The number of anilines is 1. The zero-order valence-electron chi connectivity index (χ0n) is 18.7. The number of phenolic OH excluding ortho intramolecular Hbond substituents is 1. The summed E-state index contributed by atoms with van der Waals surface area (Å²) in [6.07, 6.45) is 25.6. The third-order valence-corrected chi connectivity index (χ3v) is 5.73. The van der Waals surface area contributed by atoms with Crippen molar-refractivity contribution in [3.8, 4) is 5.75 Å². The van der Waals surface area contributed by atoms with Gasteiger partial charge in [0.05, 0.1) is 0 Å². The molecule has 0 fully saturated rings. The first-order valence-corrected chi connectivity index (χ1v) is 12.4. The minimum atomic E-state index is 0.332. The molecule has 28 heavy (non-hydrogen) atoms. The zero-order chi connectivity index (χ0) is 20.1. The van der Waals surface area contributed by atoms with Crippen LogP contribution in [0.25, 0.3) is 0 Å². The Bertz CT molecular complexity index is 429. The third-order valence-electron chi connectivity index (χ3n) is 5.73. The van der Waals surface area contributed by atoms with Crippen LogP contribution in [0.3, 0.4) is 0 Å². The number of phenols is 1. The Kier molecular flexibility index (Phi) is 17.0. The molecule has 0 saturated heterocycles. The van der Waals surface area contributed by atoms with Gasteiger partial charge in [0.25, 0.3) is 0 Å². The van der Waals surface area contributed by atoms with Crippen LogP contribution in [0.15, 0.2) is 24.3 Å². The van der Waals surface area contributed by atoms with E-state index in [1.54, 1.807) is 12.1 Å². The van der Waals surface area contributed by atoms with E-state index in [1.807, 2.05) is 12.1 Å². The number of benzene rings is 1. The van der Waals surface area contributed by atoms with Crippen LogP contribution in [0.2, 0.25) is 0 Å². The molecule has 0 bridgehead atoms. The van der Waals surface area contributed by atoms with Crippen LogP contribution in [0, 0.1) is 0 Å². The molecule has 1 aromatic rings. The molecular weight excluding hydrogens is 342 g/mol. The summed E-state index contributed by atoms with van der Waals surface area (Å²) in [7, 11) is 0. The second-order valence-corrected chi connectivity index (χ2v) is 8.48. The Balaban J connectivity index is 1.70. The maximum atomic E-state index is 9.26. The molecule has 0 spiro atoms. The zero-order valence-corrected chi connectivity index (χ0v) is 18.7. The molecule has 0 unspecified atom stereocenters. The van der Waals surface area contributed by atoms with Crippen LogP contribution in [0.1, 0.15) is 122 Å². The summed E-state index contributed by atoms with van der Waals surface area (Å²) < 4.78 is 0. The van der Waals surface area contributed by atoms with Gasteiger partial charge in [0.2, 0.25) is 0 Å². The van der Waals surface area contributed by atoms with Gasteiger partial charge in [0.15, 0.2) is 0 Å². The molecule has 0 atom stereocenters. The van der Waals surface area contributed by atoms with E-state index >= 15 is 0 Å². The first-order chi connectivity index (χ1) is 13.8. The van der Waals surface area contributed by atoms with Crippen LogP contribution in [0.5, 0.6) is 5.75 Å². The minimum absolute atomic E-state index is 0.332. The van der Waals surface area contributed by atoms with Gasteiger partial charge in [-0.3, -0.25) is 0 Å². The van der Waals surface area contributed by atoms with Gasteiger partial charge in [0.1, 0.15) is 5.75 Å². The van der Waals surface area contributed by atoms with Crippen LogP contribution in [0.4, 0.5) is 5.69 Å². The lowest BCUT2D eigenvalue weighted by atomic mass is 10.0. The van der Waals surface area contributed by atoms with Crippen molar-refractivity contribution in [1.29, 1.82) is 0 Å². The van der Waals surface area contributed by atoms with E-state index in [4.69, 9.17) is 0 Å². The van der Waals surface area contributed by atoms with E-state index in [0.717, 1.165) is 12.2 Å². The molecule has 2 N–H and O–H groups in total. The molecule has 0 aliphatic heterocycles. The average Bonchev–Trinajstić information content (AvgIpc) is 2.71. The summed E-state index contributed by atoms with van der Waals surface area (Å²) in [4.78, 5) is 0. The number of hydrogen-bond donors (Lipinski definition) is 2. The van der Waals surface area contributed by atoms with Crippen molar-refractivity contribution in [1.82, 2.24) is 0 Å². The lowest BCUT2D eigenvalue weighted by Crippen LogP contribution is -2.00. The molecule has 0 aliphatic rings. The lowest BCUT2D eigenvalue weighted by molar-refractivity contribution is 0.475. The van der Waals surface area contributed by atoms with Crippen molar-refractivity contribution in [2.75, 3.05) is 11.9 Å². The number of rotatable bonds is 20. The standard InChI is InChI=1S/C26H47NO/c1-2-3-4-5-6-7-8-9-10-11-12-13-14-15-16-17-18-19-24-27-25-20-22-26(28)23-21-25/h20-23,27-28H,2-19,24H2,1H3. The summed E-state index contributed by atoms with van der Waals surface area (Å²) in [5.74, 6) is 0.332. The van der Waals surface area contributed by atoms with Crippen LogP contribution in [-0.2, 0) is 0 Å². The first-order valence-electron chi connectivity index (χ1n) is 12.4. The highest BCUT2D eigenvalue weighted by molar-refractivity contribution is 5.45. The fourth-order valence-corrected chi connectivity index (χ4v) is 3.84. The summed E-state index contributed by atoms with van der Waals surface area (Å²) in [6.45, 7) is 3.32.